The first kappa shape index (κ1) is 18.0. The van der Waals surface area contributed by atoms with Gasteiger partial charge in [-0.25, -0.2) is 14.8 Å². The van der Waals surface area contributed by atoms with Crippen LogP contribution in [0.5, 0.6) is 0 Å². The first-order valence-corrected chi connectivity index (χ1v) is 8.10. The minimum atomic E-state index is -0.403. The van der Waals surface area contributed by atoms with E-state index in [2.05, 4.69) is 30.3 Å². The van der Waals surface area contributed by atoms with Crippen molar-refractivity contribution >= 4 is 23.5 Å². The van der Waals surface area contributed by atoms with Gasteiger partial charge in [0.1, 0.15) is 0 Å². The number of carbonyl (C=O) groups is 2. The monoisotopic (exact) mass is 363 g/mol. The van der Waals surface area contributed by atoms with E-state index < -0.39 is 5.97 Å². The van der Waals surface area contributed by atoms with Crippen LogP contribution < -0.4 is 10.6 Å². The molecule has 0 fully saturated rings. The summed E-state index contributed by atoms with van der Waals surface area (Å²) in [4.78, 5) is 35.8. The van der Waals surface area contributed by atoms with Crippen molar-refractivity contribution in [3.8, 4) is 0 Å². The summed E-state index contributed by atoms with van der Waals surface area (Å²) in [5, 5.41) is 5.78. The van der Waals surface area contributed by atoms with Crippen LogP contribution in [0, 0.1) is 0 Å². The summed E-state index contributed by atoms with van der Waals surface area (Å²) in [6, 6.07) is 10.4. The molecule has 1 aromatic carbocycles. The van der Waals surface area contributed by atoms with Gasteiger partial charge in [0, 0.05) is 37.0 Å². The second-order valence-corrected chi connectivity index (χ2v) is 5.53. The number of anilines is 2. The van der Waals surface area contributed by atoms with E-state index >= 15 is 0 Å². The maximum absolute atomic E-state index is 12.1. The van der Waals surface area contributed by atoms with Crippen molar-refractivity contribution < 1.29 is 14.3 Å². The van der Waals surface area contributed by atoms with Crippen LogP contribution in [0.4, 0.5) is 11.6 Å². The molecule has 0 unspecified atom stereocenters. The third-order valence-corrected chi connectivity index (χ3v) is 3.65. The summed E-state index contributed by atoms with van der Waals surface area (Å²) >= 11 is 0. The highest BCUT2D eigenvalue weighted by Crippen LogP contribution is 2.14. The summed E-state index contributed by atoms with van der Waals surface area (Å²) < 4.78 is 4.65. The molecule has 0 saturated heterocycles. The van der Waals surface area contributed by atoms with Gasteiger partial charge in [0.25, 0.3) is 5.91 Å². The van der Waals surface area contributed by atoms with E-state index in [1.807, 2.05) is 12.1 Å². The second kappa shape index (κ2) is 8.52. The number of benzene rings is 1. The molecule has 8 nitrogen and oxygen atoms in total. The molecule has 2 N–H and O–H groups in total. The predicted octanol–water partition coefficient (Wildman–Crippen LogP) is 2.33. The molecule has 3 rings (SSSR count). The number of hydrogen-bond acceptors (Lipinski definition) is 7. The Balaban J connectivity index is 1.58. The molecular weight excluding hydrogens is 346 g/mol. The van der Waals surface area contributed by atoms with E-state index in [0.29, 0.717) is 29.3 Å². The number of rotatable bonds is 6. The van der Waals surface area contributed by atoms with Gasteiger partial charge < -0.3 is 15.4 Å². The van der Waals surface area contributed by atoms with Gasteiger partial charge in [-0.2, -0.15) is 0 Å². The van der Waals surface area contributed by atoms with Crippen molar-refractivity contribution in [1.29, 1.82) is 0 Å². The van der Waals surface area contributed by atoms with E-state index in [9.17, 15) is 9.59 Å². The molecule has 0 atom stereocenters. The average molecular weight is 363 g/mol. The first-order valence-electron chi connectivity index (χ1n) is 8.10. The minimum absolute atomic E-state index is 0.271. The number of hydrogen-bond donors (Lipinski definition) is 2. The van der Waals surface area contributed by atoms with Crippen molar-refractivity contribution in [1.82, 2.24) is 20.3 Å². The number of aromatic nitrogens is 3. The van der Waals surface area contributed by atoms with Crippen LogP contribution in [0.15, 0.2) is 61.2 Å². The summed E-state index contributed by atoms with van der Waals surface area (Å²) in [5.74, 6) is -0.336. The Hall–Kier alpha value is -3.81. The molecule has 2 heterocycles. The van der Waals surface area contributed by atoms with Gasteiger partial charge in [-0.3, -0.25) is 9.78 Å². The summed E-state index contributed by atoms with van der Waals surface area (Å²) in [7, 11) is 1.33. The molecule has 27 heavy (non-hydrogen) atoms. The molecule has 0 aliphatic rings. The lowest BCUT2D eigenvalue weighted by Gasteiger charge is -2.07. The van der Waals surface area contributed by atoms with Gasteiger partial charge in [0.15, 0.2) is 0 Å². The van der Waals surface area contributed by atoms with E-state index in [1.54, 1.807) is 36.7 Å². The third-order valence-electron chi connectivity index (χ3n) is 3.65. The highest BCUT2D eigenvalue weighted by Gasteiger charge is 2.08. The van der Waals surface area contributed by atoms with Crippen molar-refractivity contribution in [2.45, 2.75) is 6.54 Å². The Labute approximate surface area is 155 Å². The highest BCUT2D eigenvalue weighted by atomic mass is 16.5. The van der Waals surface area contributed by atoms with E-state index in [-0.39, 0.29) is 5.91 Å². The van der Waals surface area contributed by atoms with Crippen LogP contribution in [-0.2, 0) is 11.3 Å². The van der Waals surface area contributed by atoms with Crippen LogP contribution in [0.1, 0.15) is 26.3 Å². The van der Waals surface area contributed by atoms with Crippen LogP contribution >= 0.6 is 0 Å². The smallest absolute Gasteiger partial charge is 0.337 e. The van der Waals surface area contributed by atoms with Gasteiger partial charge in [0.2, 0.25) is 5.95 Å². The number of nitrogens with one attached hydrogen (secondary N) is 2. The summed E-state index contributed by atoms with van der Waals surface area (Å²) in [6.45, 7) is 0.374. The van der Waals surface area contributed by atoms with Crippen molar-refractivity contribution in [3.63, 3.8) is 0 Å². The van der Waals surface area contributed by atoms with Crippen LogP contribution in [0.2, 0.25) is 0 Å². The van der Waals surface area contributed by atoms with Crippen LogP contribution in [-0.4, -0.2) is 33.9 Å². The maximum Gasteiger partial charge on any atom is 0.337 e. The molecule has 8 heteroatoms. The Bertz CT molecular complexity index is 912. The Morgan fingerprint density at radius 3 is 2.37 bits per heavy atom. The van der Waals surface area contributed by atoms with Crippen molar-refractivity contribution in [2.24, 2.45) is 0 Å². The second-order valence-electron chi connectivity index (χ2n) is 5.53. The Kier molecular flexibility index (Phi) is 5.68. The summed E-state index contributed by atoms with van der Waals surface area (Å²) in [5.41, 5.74) is 2.41. The number of ether oxygens (including phenoxy) is 1. The fourth-order valence-corrected chi connectivity index (χ4v) is 2.23. The molecule has 136 valence electrons. The number of carbonyl (C=O) groups excluding carboxylic acids is 2. The predicted molar refractivity (Wildman–Crippen MR) is 98.5 cm³/mol. The third kappa shape index (κ3) is 4.85. The zero-order chi connectivity index (χ0) is 19.1. The molecule has 1 amide bonds. The van der Waals surface area contributed by atoms with Gasteiger partial charge in [-0.05, 0) is 35.9 Å². The van der Waals surface area contributed by atoms with Crippen LogP contribution in [0.25, 0.3) is 0 Å². The number of nitrogens with zero attached hydrogens (tertiary/aromatic N) is 3. The standard InChI is InChI=1S/C19H17N5O3/c1-27-18(26)14-4-6-16(7-5-14)24-19-22-11-15(12-23-19)17(25)21-10-13-3-2-8-20-9-13/h2-9,11-12H,10H2,1H3,(H,21,25)(H,22,23,24). The SMILES string of the molecule is COC(=O)c1ccc(Nc2ncc(C(=O)NCc3cccnc3)cn2)cc1. The molecule has 0 bridgehead atoms. The van der Waals surface area contributed by atoms with Gasteiger partial charge in [0.05, 0.1) is 18.2 Å². The molecule has 2 aromatic heterocycles. The lowest BCUT2D eigenvalue weighted by Crippen LogP contribution is -2.23. The lowest BCUT2D eigenvalue weighted by molar-refractivity contribution is 0.0600. The van der Waals surface area contributed by atoms with Crippen molar-refractivity contribution in [2.75, 3.05) is 12.4 Å². The quantitative estimate of drug-likeness (QED) is 0.647. The lowest BCUT2D eigenvalue weighted by atomic mass is 10.2. The molecule has 0 saturated carbocycles. The zero-order valence-electron chi connectivity index (χ0n) is 14.5. The van der Waals surface area contributed by atoms with Crippen LogP contribution in [0.3, 0.4) is 0 Å². The molecular formula is C19H17N5O3. The fraction of sp³-hybridized carbons (Fsp3) is 0.105. The Morgan fingerprint density at radius 2 is 1.74 bits per heavy atom. The van der Waals surface area contributed by atoms with E-state index in [4.69, 9.17) is 0 Å². The van der Waals surface area contributed by atoms with Gasteiger partial charge >= 0.3 is 5.97 Å². The van der Waals surface area contributed by atoms with Gasteiger partial charge in [-0.1, -0.05) is 6.07 Å². The molecule has 3 aromatic rings. The first-order chi connectivity index (χ1) is 13.2. The number of amides is 1. The van der Waals surface area contributed by atoms with Gasteiger partial charge in [-0.15, -0.1) is 0 Å². The highest BCUT2D eigenvalue weighted by molar-refractivity contribution is 5.93. The molecule has 0 radical (unpaired) electrons. The zero-order valence-corrected chi connectivity index (χ0v) is 14.5. The number of methoxy groups -OCH3 is 1. The largest absolute Gasteiger partial charge is 0.465 e. The molecule has 0 aliphatic heterocycles. The van der Waals surface area contributed by atoms with E-state index in [0.717, 1.165) is 5.56 Å². The Morgan fingerprint density at radius 1 is 1.00 bits per heavy atom. The molecule has 0 spiro atoms. The number of esters is 1. The maximum atomic E-state index is 12.1. The minimum Gasteiger partial charge on any atom is -0.465 e. The number of pyridine rings is 1. The molecule has 0 aliphatic carbocycles. The topological polar surface area (TPSA) is 106 Å². The summed E-state index contributed by atoms with van der Waals surface area (Å²) in [6.07, 6.45) is 6.25. The van der Waals surface area contributed by atoms with Crippen molar-refractivity contribution in [3.05, 3.63) is 77.9 Å². The average Bonchev–Trinajstić information content (AvgIpc) is 2.73. The fourth-order valence-electron chi connectivity index (χ4n) is 2.23. The normalized spacial score (nSPS) is 10.1. The van der Waals surface area contributed by atoms with E-state index in [1.165, 1.54) is 19.5 Å².